The Morgan fingerprint density at radius 2 is 1.49 bits per heavy atom. The molecule has 4 rings (SSSR count). The van der Waals surface area contributed by atoms with Crippen molar-refractivity contribution in [3.05, 3.63) is 87.9 Å². The van der Waals surface area contributed by atoms with Gasteiger partial charge in [-0.1, -0.05) is 59.6 Å². The smallest absolute Gasteiger partial charge is 0.288 e. The molecule has 0 aliphatic heterocycles. The largest absolute Gasteiger partial charge is 0.496 e. The van der Waals surface area contributed by atoms with E-state index in [0.29, 0.717) is 34.6 Å². The molecule has 2 N–H and O–H groups in total. The summed E-state index contributed by atoms with van der Waals surface area (Å²) in [6.07, 6.45) is 0. The minimum Gasteiger partial charge on any atom is -0.496 e. The molecule has 0 bridgehead atoms. The highest BCUT2D eigenvalue weighted by Crippen LogP contribution is 2.27. The second-order valence-corrected chi connectivity index (χ2v) is 8.60. The molecule has 1 aromatic heterocycles. The molecule has 0 atom stereocenters. The van der Waals surface area contributed by atoms with E-state index in [1.165, 1.54) is 0 Å². The van der Waals surface area contributed by atoms with Gasteiger partial charge in [0.25, 0.3) is 5.91 Å². The zero-order valence-corrected chi connectivity index (χ0v) is 21.7. The summed E-state index contributed by atoms with van der Waals surface area (Å²) in [6.45, 7) is 0.427. The third-order valence-electron chi connectivity index (χ3n) is 5.35. The summed E-state index contributed by atoms with van der Waals surface area (Å²) in [4.78, 5) is 17.6. The van der Waals surface area contributed by atoms with Crippen molar-refractivity contribution >= 4 is 41.0 Å². The van der Waals surface area contributed by atoms with Gasteiger partial charge < -0.3 is 24.8 Å². The normalized spacial score (nSPS) is 10.6. The molecule has 0 amide bonds. The van der Waals surface area contributed by atoms with Gasteiger partial charge >= 0.3 is 0 Å². The zero-order valence-electron chi connectivity index (χ0n) is 20.2. The van der Waals surface area contributed by atoms with Gasteiger partial charge in [0.2, 0.25) is 11.9 Å². The fraction of sp³-hybridized carbons (Fsp3) is 0.192. The second kappa shape index (κ2) is 12.3. The number of nitrogens with zero attached hydrogens (tertiary/aromatic N) is 3. The molecule has 0 aliphatic rings. The van der Waals surface area contributed by atoms with Gasteiger partial charge in [0, 0.05) is 29.2 Å². The van der Waals surface area contributed by atoms with Crippen molar-refractivity contribution < 1.29 is 19.0 Å². The first-order valence-corrected chi connectivity index (χ1v) is 12.0. The van der Waals surface area contributed by atoms with E-state index in [2.05, 4.69) is 20.7 Å². The molecule has 0 saturated carbocycles. The van der Waals surface area contributed by atoms with Gasteiger partial charge in [-0.3, -0.25) is 4.79 Å². The number of methoxy groups -OCH3 is 2. The number of aromatic nitrogens is 3. The SMILES string of the molecule is COc1ccccc1CNc1nc(NCc2ccccc2OC)n(C(=O)COc2ccc(Cl)cc2Cl)n1. The Balaban J connectivity index is 1.53. The van der Waals surface area contributed by atoms with Gasteiger partial charge in [0.15, 0.2) is 6.61 Å². The van der Waals surface area contributed by atoms with Gasteiger partial charge in [-0.2, -0.15) is 9.67 Å². The third-order valence-corrected chi connectivity index (χ3v) is 5.88. The first-order chi connectivity index (χ1) is 18.0. The minimum absolute atomic E-state index is 0.240. The molecular weight excluding hydrogens is 517 g/mol. The van der Waals surface area contributed by atoms with Crippen molar-refractivity contribution in [2.45, 2.75) is 13.1 Å². The summed E-state index contributed by atoms with van der Waals surface area (Å²) < 4.78 is 17.6. The van der Waals surface area contributed by atoms with Crippen LogP contribution in [0.3, 0.4) is 0 Å². The molecule has 11 heteroatoms. The van der Waals surface area contributed by atoms with Crippen molar-refractivity contribution in [3.8, 4) is 17.2 Å². The highest BCUT2D eigenvalue weighted by Gasteiger charge is 2.18. The number of carbonyl (C=O) groups excluding carboxylic acids is 1. The van der Waals surface area contributed by atoms with Crippen LogP contribution in [0, 0.1) is 0 Å². The molecule has 0 spiro atoms. The average Bonchev–Trinajstić information content (AvgIpc) is 3.33. The summed E-state index contributed by atoms with van der Waals surface area (Å²) >= 11 is 12.1. The Hall–Kier alpha value is -3.95. The third kappa shape index (κ3) is 6.63. The molecule has 37 heavy (non-hydrogen) atoms. The standard InChI is InChI=1S/C26H25Cl2N5O4/c1-35-21-9-5-3-7-17(21)14-29-25-31-26(30-15-18-8-4-6-10-22(18)36-2)33(32-25)24(34)16-37-23-12-11-19(27)13-20(23)28/h3-13H,14-16H2,1-2H3,(H2,29,30,31,32). The molecule has 0 fully saturated rings. The Bertz CT molecular complexity index is 1380. The van der Waals surface area contributed by atoms with E-state index in [-0.39, 0.29) is 18.5 Å². The van der Waals surface area contributed by atoms with Crippen LogP contribution in [-0.2, 0) is 13.1 Å². The molecule has 3 aromatic carbocycles. The average molecular weight is 542 g/mol. The van der Waals surface area contributed by atoms with Crippen LogP contribution in [0.5, 0.6) is 17.2 Å². The van der Waals surface area contributed by atoms with E-state index in [1.54, 1.807) is 32.4 Å². The van der Waals surface area contributed by atoms with Gasteiger partial charge in [0.1, 0.15) is 17.2 Å². The van der Waals surface area contributed by atoms with Gasteiger partial charge in [0.05, 0.1) is 19.2 Å². The highest BCUT2D eigenvalue weighted by molar-refractivity contribution is 6.35. The fourth-order valence-corrected chi connectivity index (χ4v) is 3.98. The first kappa shape index (κ1) is 26.1. The molecule has 0 radical (unpaired) electrons. The molecule has 0 saturated heterocycles. The van der Waals surface area contributed by atoms with Crippen molar-refractivity contribution in [3.63, 3.8) is 0 Å². The quantitative estimate of drug-likeness (QED) is 0.255. The maximum Gasteiger partial charge on any atom is 0.288 e. The number of rotatable bonds is 11. The molecular formula is C26H25Cl2N5O4. The van der Waals surface area contributed by atoms with E-state index in [4.69, 9.17) is 37.4 Å². The second-order valence-electron chi connectivity index (χ2n) is 7.76. The number of hydrogen-bond donors (Lipinski definition) is 2. The van der Waals surface area contributed by atoms with Gasteiger partial charge in [-0.15, -0.1) is 5.10 Å². The molecule has 1 heterocycles. The monoisotopic (exact) mass is 541 g/mol. The van der Waals surface area contributed by atoms with E-state index in [9.17, 15) is 4.79 Å². The van der Waals surface area contributed by atoms with Crippen molar-refractivity contribution in [1.82, 2.24) is 14.8 Å². The lowest BCUT2D eigenvalue weighted by Gasteiger charge is -2.11. The van der Waals surface area contributed by atoms with E-state index in [0.717, 1.165) is 21.6 Å². The van der Waals surface area contributed by atoms with Crippen LogP contribution in [0.25, 0.3) is 0 Å². The van der Waals surface area contributed by atoms with Crippen LogP contribution in [0.2, 0.25) is 10.0 Å². The Kier molecular flexibility index (Phi) is 8.71. The summed E-state index contributed by atoms with van der Waals surface area (Å²) in [7, 11) is 3.21. The highest BCUT2D eigenvalue weighted by atomic mass is 35.5. The number of para-hydroxylation sites is 2. The Labute approximate surface area is 224 Å². The van der Waals surface area contributed by atoms with E-state index < -0.39 is 5.91 Å². The predicted octanol–water partition coefficient (Wildman–Crippen LogP) is 5.55. The lowest BCUT2D eigenvalue weighted by Crippen LogP contribution is -2.23. The number of hydrogen-bond acceptors (Lipinski definition) is 8. The Morgan fingerprint density at radius 1 is 0.865 bits per heavy atom. The van der Waals surface area contributed by atoms with Crippen LogP contribution >= 0.6 is 23.2 Å². The molecule has 4 aromatic rings. The van der Waals surface area contributed by atoms with Crippen molar-refractivity contribution in [2.75, 3.05) is 31.5 Å². The predicted molar refractivity (Wildman–Crippen MR) is 143 cm³/mol. The maximum atomic E-state index is 13.1. The maximum absolute atomic E-state index is 13.1. The number of halogens is 2. The number of nitrogens with one attached hydrogen (secondary N) is 2. The van der Waals surface area contributed by atoms with Gasteiger partial charge in [-0.25, -0.2) is 0 Å². The lowest BCUT2D eigenvalue weighted by atomic mass is 10.2. The Morgan fingerprint density at radius 3 is 2.11 bits per heavy atom. The van der Waals surface area contributed by atoms with E-state index in [1.807, 2.05) is 48.5 Å². The number of benzene rings is 3. The molecule has 0 unspecified atom stereocenters. The zero-order chi connectivity index (χ0) is 26.2. The topological polar surface area (TPSA) is 99.5 Å². The summed E-state index contributed by atoms with van der Waals surface area (Å²) in [5.74, 6) is 1.82. The number of anilines is 2. The van der Waals surface area contributed by atoms with Gasteiger partial charge in [-0.05, 0) is 30.3 Å². The summed E-state index contributed by atoms with van der Waals surface area (Å²) in [6, 6.07) is 19.9. The molecule has 9 nitrogen and oxygen atoms in total. The van der Waals surface area contributed by atoms with E-state index >= 15 is 0 Å². The summed E-state index contributed by atoms with van der Waals surface area (Å²) in [5.41, 5.74) is 1.80. The lowest BCUT2D eigenvalue weighted by molar-refractivity contribution is 0.0824. The minimum atomic E-state index is -0.452. The van der Waals surface area contributed by atoms with Crippen LogP contribution < -0.4 is 24.8 Å². The van der Waals surface area contributed by atoms with Crippen LogP contribution in [0.1, 0.15) is 15.9 Å². The molecule has 0 aliphatic carbocycles. The van der Waals surface area contributed by atoms with Crippen molar-refractivity contribution in [1.29, 1.82) is 0 Å². The number of carbonyl (C=O) groups is 1. The van der Waals surface area contributed by atoms with Crippen molar-refractivity contribution in [2.24, 2.45) is 0 Å². The summed E-state index contributed by atoms with van der Waals surface area (Å²) in [5, 5.41) is 11.4. The van der Waals surface area contributed by atoms with Crippen LogP contribution in [0.15, 0.2) is 66.7 Å². The van der Waals surface area contributed by atoms with Crippen LogP contribution in [-0.4, -0.2) is 41.5 Å². The number of ether oxygens (including phenoxy) is 3. The molecule has 192 valence electrons. The van der Waals surface area contributed by atoms with Crippen LogP contribution in [0.4, 0.5) is 11.9 Å². The fourth-order valence-electron chi connectivity index (χ4n) is 3.51. The first-order valence-electron chi connectivity index (χ1n) is 11.3.